The molecule has 0 aromatic carbocycles. The number of hydrogen-bond acceptors (Lipinski definition) is 6. The lowest BCUT2D eigenvalue weighted by atomic mass is 9.59. The number of carbonyl (C=O) groups is 2. The molecule has 5 rings (SSSR count). The van der Waals surface area contributed by atoms with Gasteiger partial charge in [0.1, 0.15) is 6.10 Å². The summed E-state index contributed by atoms with van der Waals surface area (Å²) < 4.78 is 5.83. The van der Waals surface area contributed by atoms with E-state index in [9.17, 15) is 24.9 Å². The Hall–Kier alpha value is -1.70. The van der Waals surface area contributed by atoms with Gasteiger partial charge in [0.15, 0.2) is 17.5 Å². The van der Waals surface area contributed by atoms with Crippen molar-refractivity contribution in [3.8, 4) is 0 Å². The zero-order chi connectivity index (χ0) is 24.6. The van der Waals surface area contributed by atoms with E-state index in [0.29, 0.717) is 11.5 Å². The molecule has 188 valence electrons. The number of aliphatic hydroxyl groups is 3. The third kappa shape index (κ3) is 3.05. The maximum absolute atomic E-state index is 14.3. The molecule has 0 aromatic rings. The Bertz CT molecular complexity index is 949. The SMILES string of the molecule is CC1=C[C@]23C(=O)[C@@H](C=C(CO)[C@@H](O)[C@]2(O)[C@H]1OC(=O)NC1CCCCC1)[C@H]1[C@@H](C[C@H]3C)C1(C)C. The molecule has 0 saturated heterocycles. The summed E-state index contributed by atoms with van der Waals surface area (Å²) in [4.78, 5) is 27.2. The van der Waals surface area contributed by atoms with Crippen LogP contribution >= 0.6 is 0 Å². The maximum Gasteiger partial charge on any atom is 0.408 e. The molecule has 0 heterocycles. The lowest BCUT2D eigenvalue weighted by Gasteiger charge is -2.48. The molecule has 1 spiro atoms. The number of alkyl carbamates (subject to hydrolysis) is 1. The Morgan fingerprint density at radius 1 is 1.24 bits per heavy atom. The fourth-order valence-electron chi connectivity index (χ4n) is 8.15. The zero-order valence-corrected chi connectivity index (χ0v) is 20.7. The number of allylic oxidation sites excluding steroid dienone is 1. The van der Waals surface area contributed by atoms with Crippen molar-refractivity contribution in [3.63, 3.8) is 0 Å². The summed E-state index contributed by atoms with van der Waals surface area (Å²) in [6.45, 7) is 7.56. The van der Waals surface area contributed by atoms with Gasteiger partial charge in [-0.1, -0.05) is 52.2 Å². The summed E-state index contributed by atoms with van der Waals surface area (Å²) in [5.41, 5.74) is -2.71. The zero-order valence-electron chi connectivity index (χ0n) is 20.7. The molecular weight excluding hydrogens is 434 g/mol. The topological polar surface area (TPSA) is 116 Å². The van der Waals surface area contributed by atoms with Crippen molar-refractivity contribution in [2.24, 2.45) is 34.5 Å². The highest BCUT2D eigenvalue weighted by Gasteiger charge is 2.76. The molecule has 3 saturated carbocycles. The maximum atomic E-state index is 14.3. The number of amides is 1. The molecule has 1 amide bonds. The Labute approximate surface area is 201 Å². The molecule has 2 bridgehead atoms. The molecular formula is C27H39NO6. The van der Waals surface area contributed by atoms with Gasteiger partial charge in [0.05, 0.1) is 12.0 Å². The molecule has 34 heavy (non-hydrogen) atoms. The third-order valence-electron chi connectivity index (χ3n) is 10.0. The van der Waals surface area contributed by atoms with E-state index >= 15 is 0 Å². The normalized spacial score (nSPS) is 45.2. The van der Waals surface area contributed by atoms with Crippen molar-refractivity contribution >= 4 is 11.9 Å². The molecule has 0 unspecified atom stereocenters. The number of Topliss-reactive ketones (excluding diaryl/α,β-unsaturated/α-hetero) is 1. The summed E-state index contributed by atoms with van der Waals surface area (Å²) in [5, 5.41) is 37.0. The Balaban J connectivity index is 1.54. The first-order valence-corrected chi connectivity index (χ1v) is 12.9. The molecule has 5 aliphatic rings. The number of aliphatic hydroxyl groups excluding tert-OH is 2. The first-order chi connectivity index (χ1) is 16.0. The van der Waals surface area contributed by atoms with E-state index in [1.54, 1.807) is 19.1 Å². The van der Waals surface area contributed by atoms with E-state index in [0.717, 1.165) is 38.5 Å². The summed E-state index contributed by atoms with van der Waals surface area (Å²) in [6.07, 6.45) is 5.86. The molecule has 3 fully saturated rings. The first-order valence-electron chi connectivity index (χ1n) is 12.9. The van der Waals surface area contributed by atoms with Gasteiger partial charge in [-0.3, -0.25) is 4.79 Å². The molecule has 4 N–H and O–H groups in total. The highest BCUT2D eigenvalue weighted by molar-refractivity contribution is 5.95. The molecule has 8 atom stereocenters. The van der Waals surface area contributed by atoms with Gasteiger partial charge in [-0.05, 0) is 60.5 Å². The Kier molecular flexibility index (Phi) is 5.58. The number of hydrogen-bond donors (Lipinski definition) is 4. The number of rotatable bonds is 3. The van der Waals surface area contributed by atoms with E-state index in [4.69, 9.17) is 4.74 Å². The monoisotopic (exact) mass is 473 g/mol. The number of ketones is 1. The summed E-state index contributed by atoms with van der Waals surface area (Å²) >= 11 is 0. The second-order valence-corrected chi connectivity index (χ2v) is 12.1. The lowest BCUT2D eigenvalue weighted by Crippen LogP contribution is -2.66. The van der Waals surface area contributed by atoms with Crippen molar-refractivity contribution in [1.82, 2.24) is 5.32 Å². The summed E-state index contributed by atoms with van der Waals surface area (Å²) in [6, 6.07) is 0.0275. The average molecular weight is 474 g/mol. The molecule has 0 radical (unpaired) electrons. The van der Waals surface area contributed by atoms with Crippen LogP contribution in [0.1, 0.15) is 66.2 Å². The quantitative estimate of drug-likeness (QED) is 0.469. The minimum atomic E-state index is -2.08. The summed E-state index contributed by atoms with van der Waals surface area (Å²) in [7, 11) is 0. The van der Waals surface area contributed by atoms with Gasteiger partial charge in [-0.25, -0.2) is 4.79 Å². The van der Waals surface area contributed by atoms with Gasteiger partial charge in [-0.2, -0.15) is 0 Å². The van der Waals surface area contributed by atoms with Gasteiger partial charge in [-0.15, -0.1) is 0 Å². The van der Waals surface area contributed by atoms with Crippen LogP contribution in [0.2, 0.25) is 0 Å². The fraction of sp³-hybridized carbons (Fsp3) is 0.778. The van der Waals surface area contributed by atoms with Crippen LogP contribution in [0.5, 0.6) is 0 Å². The highest BCUT2D eigenvalue weighted by Crippen LogP contribution is 2.71. The first kappa shape index (κ1) is 24.0. The van der Waals surface area contributed by atoms with Gasteiger partial charge >= 0.3 is 6.09 Å². The number of ether oxygens (including phenoxy) is 1. The fourth-order valence-corrected chi connectivity index (χ4v) is 8.15. The molecule has 5 aliphatic carbocycles. The third-order valence-corrected chi connectivity index (χ3v) is 10.0. The molecule has 0 aromatic heterocycles. The molecule has 0 aliphatic heterocycles. The van der Waals surface area contributed by atoms with Gasteiger partial charge in [0.25, 0.3) is 0 Å². The minimum Gasteiger partial charge on any atom is -0.438 e. The number of fused-ring (bicyclic) bond motifs is 3. The van der Waals surface area contributed by atoms with E-state index in [2.05, 4.69) is 19.2 Å². The van der Waals surface area contributed by atoms with Gasteiger partial charge < -0.3 is 25.4 Å². The molecule has 7 nitrogen and oxygen atoms in total. The molecule has 7 heteroatoms. The van der Waals surface area contributed by atoms with E-state index in [1.165, 1.54) is 0 Å². The average Bonchev–Trinajstić information content (AvgIpc) is 3.28. The van der Waals surface area contributed by atoms with Crippen molar-refractivity contribution in [1.29, 1.82) is 0 Å². The van der Waals surface area contributed by atoms with E-state index < -0.39 is 41.8 Å². The van der Waals surface area contributed by atoms with Crippen molar-refractivity contribution < 1.29 is 29.6 Å². The van der Waals surface area contributed by atoms with Crippen LogP contribution < -0.4 is 5.32 Å². The number of carbonyl (C=O) groups excluding carboxylic acids is 2. The second kappa shape index (κ2) is 7.90. The Morgan fingerprint density at radius 2 is 1.91 bits per heavy atom. The van der Waals surface area contributed by atoms with Crippen molar-refractivity contribution in [3.05, 3.63) is 23.3 Å². The predicted octanol–water partition coefficient (Wildman–Crippen LogP) is 2.88. The van der Waals surface area contributed by atoms with Crippen LogP contribution in [0.15, 0.2) is 23.3 Å². The minimum absolute atomic E-state index is 0.0200. The van der Waals surface area contributed by atoms with Crippen molar-refractivity contribution in [2.45, 2.75) is 90.1 Å². The highest BCUT2D eigenvalue weighted by atomic mass is 16.6. The Morgan fingerprint density at radius 3 is 2.56 bits per heavy atom. The summed E-state index contributed by atoms with van der Waals surface area (Å²) in [5.74, 6) is -0.498. The number of nitrogens with one attached hydrogen (secondary N) is 1. The second-order valence-electron chi connectivity index (χ2n) is 12.1. The van der Waals surface area contributed by atoms with Crippen LogP contribution in [-0.2, 0) is 9.53 Å². The van der Waals surface area contributed by atoms with Crippen LogP contribution in [0.3, 0.4) is 0 Å². The smallest absolute Gasteiger partial charge is 0.408 e. The standard InChI is InChI=1S/C27H39NO6/c1-14-12-26-15(2)10-19-20(25(19,3)4)18(22(26)31)11-16(13-29)21(30)27(26,33)23(14)34-24(32)28-17-8-6-5-7-9-17/h11-12,15,17-21,23,29-30,33H,5-10,13H2,1-4H3,(H,28,32)/t15-,18+,19-,20+,21-,23+,26+,27+/m1/s1. The van der Waals surface area contributed by atoms with E-state index in [1.807, 2.05) is 6.92 Å². The van der Waals surface area contributed by atoms with Gasteiger partial charge in [0, 0.05) is 12.0 Å². The van der Waals surface area contributed by atoms with Crippen LogP contribution in [0, 0.1) is 34.5 Å². The largest absolute Gasteiger partial charge is 0.438 e. The van der Waals surface area contributed by atoms with Crippen LogP contribution in [0.25, 0.3) is 0 Å². The van der Waals surface area contributed by atoms with Crippen molar-refractivity contribution in [2.75, 3.05) is 6.61 Å². The predicted molar refractivity (Wildman–Crippen MR) is 126 cm³/mol. The lowest BCUT2D eigenvalue weighted by molar-refractivity contribution is -0.190. The van der Waals surface area contributed by atoms with Crippen LogP contribution in [0.4, 0.5) is 4.79 Å². The van der Waals surface area contributed by atoms with E-state index in [-0.39, 0.29) is 34.6 Å². The van der Waals surface area contributed by atoms with Gasteiger partial charge in [0.2, 0.25) is 0 Å². The van der Waals surface area contributed by atoms with Crippen LogP contribution in [-0.4, -0.2) is 57.7 Å².